The van der Waals surface area contributed by atoms with Gasteiger partial charge < -0.3 is 0 Å². The van der Waals surface area contributed by atoms with Crippen LogP contribution in [0.15, 0.2) is 22.7 Å². The van der Waals surface area contributed by atoms with Crippen molar-refractivity contribution < 1.29 is 9.31 Å². The van der Waals surface area contributed by atoms with E-state index in [0.29, 0.717) is 11.1 Å². The van der Waals surface area contributed by atoms with Crippen LogP contribution in [0.5, 0.6) is 0 Å². The van der Waals surface area contributed by atoms with Gasteiger partial charge in [-0.05, 0) is 35.0 Å². The van der Waals surface area contributed by atoms with E-state index in [1.165, 1.54) is 0 Å². The largest absolute Gasteiger partial charge is 0.298 e. The van der Waals surface area contributed by atoms with Crippen molar-refractivity contribution in [3.05, 3.63) is 44.3 Å². The highest BCUT2D eigenvalue weighted by Crippen LogP contribution is 2.32. The maximum Gasteiger partial charge on any atom is 0.298 e. The van der Waals surface area contributed by atoms with Crippen LogP contribution < -0.4 is 0 Å². The van der Waals surface area contributed by atoms with Crippen LogP contribution in [0.1, 0.15) is 5.69 Å². The third kappa shape index (κ3) is 1.65. The van der Waals surface area contributed by atoms with Gasteiger partial charge in [0.1, 0.15) is 11.3 Å². The van der Waals surface area contributed by atoms with Crippen LogP contribution >= 0.6 is 15.9 Å². The number of rotatable bonds is 1. The number of hydrogen-bond donors (Lipinski definition) is 0. The summed E-state index contributed by atoms with van der Waals surface area (Å²) in [4.78, 5) is 14.2. The lowest BCUT2D eigenvalue weighted by atomic mass is 10.1. The molecule has 0 saturated carbocycles. The van der Waals surface area contributed by atoms with Gasteiger partial charge in [-0.3, -0.25) is 10.1 Å². The second-order valence-corrected chi connectivity index (χ2v) is 4.09. The Balaban J connectivity index is 2.95. The zero-order valence-electron chi connectivity index (χ0n) is 8.20. The van der Waals surface area contributed by atoms with Crippen molar-refractivity contribution in [3.8, 4) is 0 Å². The molecule has 0 atom stereocenters. The first kappa shape index (κ1) is 10.9. The number of hydrogen-bond acceptors (Lipinski definition) is 3. The Morgan fingerprint density at radius 1 is 1.50 bits per heavy atom. The molecule has 0 N–H and O–H groups in total. The fourth-order valence-corrected chi connectivity index (χ4v) is 1.88. The quantitative estimate of drug-likeness (QED) is 0.596. The molecule has 0 radical (unpaired) electrons. The average molecular weight is 285 g/mol. The Morgan fingerprint density at radius 3 is 2.81 bits per heavy atom. The molecule has 16 heavy (non-hydrogen) atoms. The van der Waals surface area contributed by atoms with Crippen molar-refractivity contribution in [2.75, 3.05) is 0 Å². The summed E-state index contributed by atoms with van der Waals surface area (Å²) in [6.45, 7) is 1.72. The van der Waals surface area contributed by atoms with E-state index in [0.717, 1.165) is 6.07 Å². The lowest BCUT2D eigenvalue weighted by Gasteiger charge is -2.03. The maximum absolute atomic E-state index is 13.4. The SMILES string of the molecule is Cc1ccc2c(Br)c(F)cc([N+](=O)[O-])c2n1. The fourth-order valence-electron chi connectivity index (χ4n) is 1.45. The van der Waals surface area contributed by atoms with Gasteiger partial charge in [-0.1, -0.05) is 0 Å². The Hall–Kier alpha value is -1.56. The second-order valence-electron chi connectivity index (χ2n) is 3.30. The fraction of sp³-hybridized carbons (Fsp3) is 0.100. The molecule has 6 heteroatoms. The molecule has 0 spiro atoms. The lowest BCUT2D eigenvalue weighted by molar-refractivity contribution is -0.383. The van der Waals surface area contributed by atoms with Crippen molar-refractivity contribution in [2.45, 2.75) is 6.92 Å². The monoisotopic (exact) mass is 284 g/mol. The number of nitro benzene ring substituents is 1. The van der Waals surface area contributed by atoms with Crippen LogP contribution in [0.25, 0.3) is 10.9 Å². The first-order valence-corrected chi connectivity index (χ1v) is 5.19. The summed E-state index contributed by atoms with van der Waals surface area (Å²) < 4.78 is 13.6. The minimum atomic E-state index is -0.662. The summed E-state index contributed by atoms with van der Waals surface area (Å²) in [5, 5.41) is 11.2. The number of halogens is 2. The highest BCUT2D eigenvalue weighted by atomic mass is 79.9. The number of aromatic nitrogens is 1. The van der Waals surface area contributed by atoms with Gasteiger partial charge in [-0.2, -0.15) is 0 Å². The van der Waals surface area contributed by atoms with Crippen LogP contribution in [-0.2, 0) is 0 Å². The Labute approximate surface area is 98.4 Å². The highest BCUT2D eigenvalue weighted by Gasteiger charge is 2.19. The average Bonchev–Trinajstić information content (AvgIpc) is 2.22. The minimum absolute atomic E-state index is 0.193. The molecule has 0 bridgehead atoms. The summed E-state index contributed by atoms with van der Waals surface area (Å²) in [7, 11) is 0. The van der Waals surface area contributed by atoms with Gasteiger partial charge in [0.25, 0.3) is 5.69 Å². The Kier molecular flexibility index (Phi) is 2.59. The standard InChI is InChI=1S/C10H6BrFN2O2/c1-5-2-3-6-9(11)7(12)4-8(14(15)16)10(6)13-5/h2-4H,1H3. The predicted molar refractivity (Wildman–Crippen MR) is 60.8 cm³/mol. The van der Waals surface area contributed by atoms with E-state index in [9.17, 15) is 14.5 Å². The van der Waals surface area contributed by atoms with E-state index in [2.05, 4.69) is 20.9 Å². The van der Waals surface area contributed by atoms with E-state index in [4.69, 9.17) is 0 Å². The third-order valence-corrected chi connectivity index (χ3v) is 2.99. The molecule has 1 aromatic carbocycles. The van der Waals surface area contributed by atoms with Gasteiger partial charge in [0, 0.05) is 11.1 Å². The van der Waals surface area contributed by atoms with Gasteiger partial charge in [0.15, 0.2) is 0 Å². The number of benzene rings is 1. The maximum atomic E-state index is 13.4. The normalized spacial score (nSPS) is 10.7. The molecular weight excluding hydrogens is 279 g/mol. The van der Waals surface area contributed by atoms with Gasteiger partial charge >= 0.3 is 0 Å². The molecule has 4 nitrogen and oxygen atoms in total. The molecule has 2 rings (SSSR count). The van der Waals surface area contributed by atoms with Crippen LogP contribution in [-0.4, -0.2) is 9.91 Å². The molecular formula is C10H6BrFN2O2. The van der Waals surface area contributed by atoms with E-state index in [1.54, 1.807) is 19.1 Å². The lowest BCUT2D eigenvalue weighted by Crippen LogP contribution is -1.95. The predicted octanol–water partition coefficient (Wildman–Crippen LogP) is 3.35. The zero-order chi connectivity index (χ0) is 11.9. The van der Waals surface area contributed by atoms with E-state index in [1.807, 2.05) is 0 Å². The molecule has 1 heterocycles. The van der Waals surface area contributed by atoms with Gasteiger partial charge in [-0.15, -0.1) is 0 Å². The Morgan fingerprint density at radius 2 is 2.19 bits per heavy atom. The van der Waals surface area contributed by atoms with Gasteiger partial charge in [-0.25, -0.2) is 9.37 Å². The molecule has 0 aliphatic rings. The van der Waals surface area contributed by atoms with Crippen LogP contribution in [0.3, 0.4) is 0 Å². The summed E-state index contributed by atoms with van der Waals surface area (Å²) in [6, 6.07) is 4.16. The van der Waals surface area contributed by atoms with Crippen LogP contribution in [0.4, 0.5) is 10.1 Å². The van der Waals surface area contributed by atoms with Crippen molar-refractivity contribution in [3.63, 3.8) is 0 Å². The molecule has 0 amide bonds. The number of nitro groups is 1. The molecule has 0 saturated heterocycles. The first-order chi connectivity index (χ1) is 7.50. The van der Waals surface area contributed by atoms with Gasteiger partial charge in [0.05, 0.1) is 15.5 Å². The molecule has 0 fully saturated rings. The number of fused-ring (bicyclic) bond motifs is 1. The summed E-state index contributed by atoms with van der Waals surface area (Å²) in [5.74, 6) is -0.662. The second kappa shape index (κ2) is 3.79. The van der Waals surface area contributed by atoms with Crippen molar-refractivity contribution in [2.24, 2.45) is 0 Å². The van der Waals surface area contributed by atoms with E-state index >= 15 is 0 Å². The number of pyridine rings is 1. The number of non-ortho nitro benzene ring substituents is 1. The highest BCUT2D eigenvalue weighted by molar-refractivity contribution is 9.10. The summed E-state index contributed by atoms with van der Waals surface area (Å²) in [6.07, 6.45) is 0. The molecule has 0 aliphatic heterocycles. The van der Waals surface area contributed by atoms with Crippen molar-refractivity contribution in [1.82, 2.24) is 4.98 Å². The first-order valence-electron chi connectivity index (χ1n) is 4.40. The van der Waals surface area contributed by atoms with Crippen molar-refractivity contribution in [1.29, 1.82) is 0 Å². The molecule has 1 aromatic heterocycles. The molecule has 0 aliphatic carbocycles. The Bertz CT molecular complexity index is 601. The van der Waals surface area contributed by atoms with Crippen LogP contribution in [0, 0.1) is 22.9 Å². The van der Waals surface area contributed by atoms with Crippen molar-refractivity contribution >= 4 is 32.5 Å². The third-order valence-electron chi connectivity index (χ3n) is 2.18. The van der Waals surface area contributed by atoms with Gasteiger partial charge in [0.2, 0.25) is 0 Å². The molecule has 2 aromatic rings. The van der Waals surface area contributed by atoms with E-state index < -0.39 is 10.7 Å². The summed E-state index contributed by atoms with van der Waals surface area (Å²) >= 11 is 3.05. The summed E-state index contributed by atoms with van der Waals surface area (Å²) in [5.41, 5.74) is 0.520. The minimum Gasteiger partial charge on any atom is -0.258 e. The smallest absolute Gasteiger partial charge is 0.258 e. The number of nitrogens with zero attached hydrogens (tertiary/aromatic N) is 2. The molecule has 82 valence electrons. The van der Waals surface area contributed by atoms with Crippen LogP contribution in [0.2, 0.25) is 0 Å². The topological polar surface area (TPSA) is 56.0 Å². The number of aryl methyl sites for hydroxylation is 1. The molecule has 0 unspecified atom stereocenters. The van der Waals surface area contributed by atoms with E-state index in [-0.39, 0.29) is 15.7 Å². The zero-order valence-corrected chi connectivity index (χ0v) is 9.78.